The van der Waals surface area contributed by atoms with Crippen molar-refractivity contribution in [2.24, 2.45) is 0 Å². The molecular weight excluding hydrogens is 184 g/mol. The van der Waals surface area contributed by atoms with Crippen LogP contribution in [0.1, 0.15) is 12.8 Å². The molecule has 0 radical (unpaired) electrons. The number of aromatic nitrogens is 1. The van der Waals surface area contributed by atoms with Gasteiger partial charge in [0.25, 0.3) is 0 Å². The maximum absolute atomic E-state index is 2.52. The molecule has 2 nitrogen and oxygen atoms in total. The molecule has 2 heterocycles. The molecule has 15 heavy (non-hydrogen) atoms. The highest BCUT2D eigenvalue weighted by Gasteiger charge is 2.12. The van der Waals surface area contributed by atoms with E-state index in [2.05, 4.69) is 46.0 Å². The van der Waals surface area contributed by atoms with E-state index in [0.29, 0.717) is 0 Å². The van der Waals surface area contributed by atoms with Crippen LogP contribution in [-0.2, 0) is 6.67 Å². The Morgan fingerprint density at radius 1 is 1.00 bits per heavy atom. The van der Waals surface area contributed by atoms with Gasteiger partial charge in [0, 0.05) is 11.7 Å². The summed E-state index contributed by atoms with van der Waals surface area (Å²) in [5.41, 5.74) is 1.35. The van der Waals surface area contributed by atoms with E-state index in [-0.39, 0.29) is 0 Å². The zero-order valence-corrected chi connectivity index (χ0v) is 8.89. The predicted octanol–water partition coefficient (Wildman–Crippen LogP) is 2.69. The molecule has 1 aromatic heterocycles. The summed E-state index contributed by atoms with van der Waals surface area (Å²) in [5, 5.41) is 1.34. The van der Waals surface area contributed by atoms with Gasteiger partial charge in [0.2, 0.25) is 0 Å². The number of nitrogens with zero attached hydrogens (tertiary/aromatic N) is 2. The minimum absolute atomic E-state index is 1.05. The molecule has 1 aromatic carbocycles. The van der Waals surface area contributed by atoms with Crippen LogP contribution in [0.4, 0.5) is 0 Å². The van der Waals surface area contributed by atoms with E-state index in [1.807, 2.05) is 0 Å². The average Bonchev–Trinajstić information content (AvgIpc) is 2.89. The van der Waals surface area contributed by atoms with Crippen LogP contribution in [0.5, 0.6) is 0 Å². The van der Waals surface area contributed by atoms with E-state index in [1.165, 1.54) is 36.8 Å². The number of likely N-dealkylation sites (tertiary alicyclic amines) is 1. The molecule has 78 valence electrons. The van der Waals surface area contributed by atoms with Gasteiger partial charge in [-0.2, -0.15) is 0 Å². The second-order valence-electron chi connectivity index (χ2n) is 4.31. The van der Waals surface area contributed by atoms with Crippen molar-refractivity contribution in [2.75, 3.05) is 13.1 Å². The Kier molecular flexibility index (Phi) is 2.22. The maximum Gasteiger partial charge on any atom is 0.0751 e. The van der Waals surface area contributed by atoms with Gasteiger partial charge in [-0.25, -0.2) is 0 Å². The monoisotopic (exact) mass is 200 g/mol. The van der Waals surface area contributed by atoms with E-state index < -0.39 is 0 Å². The fourth-order valence-electron chi connectivity index (χ4n) is 2.40. The Hall–Kier alpha value is -1.28. The topological polar surface area (TPSA) is 8.17 Å². The molecule has 1 aliphatic heterocycles. The Morgan fingerprint density at radius 2 is 1.80 bits per heavy atom. The molecule has 0 saturated carbocycles. The van der Waals surface area contributed by atoms with Crippen LogP contribution in [0.3, 0.4) is 0 Å². The molecule has 0 amide bonds. The number of para-hydroxylation sites is 1. The lowest BCUT2D eigenvalue weighted by Gasteiger charge is -2.16. The van der Waals surface area contributed by atoms with Crippen molar-refractivity contribution < 1.29 is 0 Å². The predicted molar refractivity (Wildman–Crippen MR) is 62.7 cm³/mol. The largest absolute Gasteiger partial charge is 0.334 e. The Balaban J connectivity index is 1.90. The fraction of sp³-hybridized carbons (Fsp3) is 0.385. The molecule has 0 unspecified atom stereocenters. The first-order chi connectivity index (χ1) is 7.43. The van der Waals surface area contributed by atoms with E-state index in [4.69, 9.17) is 0 Å². The van der Waals surface area contributed by atoms with Crippen molar-refractivity contribution >= 4 is 10.9 Å². The van der Waals surface area contributed by atoms with Crippen LogP contribution in [0, 0.1) is 0 Å². The number of rotatable bonds is 2. The minimum atomic E-state index is 1.05. The van der Waals surface area contributed by atoms with Gasteiger partial charge in [0.15, 0.2) is 0 Å². The smallest absolute Gasteiger partial charge is 0.0751 e. The third-order valence-corrected chi connectivity index (χ3v) is 3.23. The van der Waals surface area contributed by atoms with Gasteiger partial charge in [0.05, 0.1) is 6.67 Å². The number of hydrogen-bond acceptors (Lipinski definition) is 1. The molecule has 1 saturated heterocycles. The molecule has 0 aliphatic carbocycles. The third-order valence-electron chi connectivity index (χ3n) is 3.23. The summed E-state index contributed by atoms with van der Waals surface area (Å²) < 4.78 is 2.35. The summed E-state index contributed by atoms with van der Waals surface area (Å²) in [7, 11) is 0. The molecule has 0 bridgehead atoms. The summed E-state index contributed by atoms with van der Waals surface area (Å²) >= 11 is 0. The maximum atomic E-state index is 2.52. The minimum Gasteiger partial charge on any atom is -0.334 e. The molecule has 1 fully saturated rings. The Morgan fingerprint density at radius 3 is 2.67 bits per heavy atom. The van der Waals surface area contributed by atoms with Gasteiger partial charge < -0.3 is 4.57 Å². The second-order valence-corrected chi connectivity index (χ2v) is 4.31. The summed E-state index contributed by atoms with van der Waals surface area (Å²) in [6, 6.07) is 10.8. The van der Waals surface area contributed by atoms with Crippen molar-refractivity contribution in [3.63, 3.8) is 0 Å². The first-order valence-electron chi connectivity index (χ1n) is 5.70. The van der Waals surface area contributed by atoms with Crippen molar-refractivity contribution in [3.8, 4) is 0 Å². The van der Waals surface area contributed by atoms with Gasteiger partial charge in [-0.3, -0.25) is 4.90 Å². The van der Waals surface area contributed by atoms with Crippen LogP contribution in [0.25, 0.3) is 10.9 Å². The molecule has 2 aromatic rings. The number of fused-ring (bicyclic) bond motifs is 1. The molecule has 0 N–H and O–H groups in total. The first kappa shape index (κ1) is 8.98. The van der Waals surface area contributed by atoms with Gasteiger partial charge >= 0.3 is 0 Å². The van der Waals surface area contributed by atoms with Crippen LogP contribution in [0.2, 0.25) is 0 Å². The van der Waals surface area contributed by atoms with Crippen LogP contribution in [-0.4, -0.2) is 22.6 Å². The third kappa shape index (κ3) is 1.65. The van der Waals surface area contributed by atoms with Gasteiger partial charge in [-0.1, -0.05) is 18.2 Å². The normalized spacial score (nSPS) is 17.6. The average molecular weight is 200 g/mol. The fourth-order valence-corrected chi connectivity index (χ4v) is 2.40. The van der Waals surface area contributed by atoms with E-state index in [9.17, 15) is 0 Å². The van der Waals surface area contributed by atoms with E-state index in [1.54, 1.807) is 0 Å². The lowest BCUT2D eigenvalue weighted by molar-refractivity contribution is 0.275. The van der Waals surface area contributed by atoms with E-state index >= 15 is 0 Å². The molecule has 0 atom stereocenters. The van der Waals surface area contributed by atoms with E-state index in [0.717, 1.165) is 6.67 Å². The van der Waals surface area contributed by atoms with Crippen LogP contribution < -0.4 is 0 Å². The zero-order valence-electron chi connectivity index (χ0n) is 8.89. The van der Waals surface area contributed by atoms with Gasteiger partial charge in [-0.05, 0) is 43.5 Å². The Bertz CT molecular complexity index is 452. The highest BCUT2D eigenvalue weighted by Crippen LogP contribution is 2.17. The lowest BCUT2D eigenvalue weighted by Crippen LogP contribution is -2.22. The van der Waals surface area contributed by atoms with Crippen molar-refractivity contribution in [3.05, 3.63) is 36.5 Å². The summed E-state index contributed by atoms with van der Waals surface area (Å²) in [6.07, 6.45) is 4.92. The molecule has 3 rings (SSSR count). The van der Waals surface area contributed by atoms with Gasteiger partial charge in [0.1, 0.15) is 0 Å². The van der Waals surface area contributed by atoms with Crippen molar-refractivity contribution in [1.82, 2.24) is 9.47 Å². The summed E-state index contributed by atoms with van der Waals surface area (Å²) in [4.78, 5) is 2.52. The highest BCUT2D eigenvalue weighted by atomic mass is 15.2. The number of hydrogen-bond donors (Lipinski definition) is 0. The number of benzene rings is 1. The molecule has 1 aliphatic rings. The highest BCUT2D eigenvalue weighted by molar-refractivity contribution is 5.79. The molecule has 2 heteroatoms. The van der Waals surface area contributed by atoms with Crippen molar-refractivity contribution in [1.29, 1.82) is 0 Å². The first-order valence-corrected chi connectivity index (χ1v) is 5.70. The van der Waals surface area contributed by atoms with Crippen LogP contribution in [0.15, 0.2) is 36.5 Å². The van der Waals surface area contributed by atoms with Crippen molar-refractivity contribution in [2.45, 2.75) is 19.5 Å². The van der Waals surface area contributed by atoms with Gasteiger partial charge in [-0.15, -0.1) is 0 Å². The standard InChI is InChI=1S/C13H16N2/c1-2-6-13-12(5-1)7-10-15(13)11-14-8-3-4-9-14/h1-2,5-7,10H,3-4,8-9,11H2. The summed E-state index contributed by atoms with van der Waals surface area (Å²) in [6.45, 7) is 3.56. The van der Waals surface area contributed by atoms with Crippen LogP contribution >= 0.6 is 0 Å². The SMILES string of the molecule is c1ccc2c(c1)ccn2CN1CCCC1. The quantitative estimate of drug-likeness (QED) is 0.723. The zero-order chi connectivity index (χ0) is 10.1. The lowest BCUT2D eigenvalue weighted by atomic mass is 10.2. The second kappa shape index (κ2) is 3.70. The molecular formula is C13H16N2. The Labute approximate surface area is 90.1 Å². The summed E-state index contributed by atoms with van der Waals surface area (Å²) in [5.74, 6) is 0. The molecule has 0 spiro atoms.